The van der Waals surface area contributed by atoms with E-state index >= 15 is 0 Å². The standard InChI is InChI=1S/C17H12N4OS2.C15H11N3O3S/c1-10-8-19-17(23-10)24-14-7-12(9-20-22)21-16-13(14)5-4-11-3-2-6-18-15(11)16;19-13(20)8-22-12-6-10(7-17-21)18-15-11(12)4-3-9-2-1-5-16-14(9)15/h2-9,22H,1H3;1-7,21H,8H2,(H,19,20). The smallest absolute Gasteiger partial charge is 0.313 e. The number of carboxylic acids is 1. The van der Waals surface area contributed by atoms with Gasteiger partial charge < -0.3 is 15.5 Å². The normalized spacial score (nSPS) is 11.6. The van der Waals surface area contributed by atoms with E-state index in [2.05, 4.69) is 41.3 Å². The molecule has 0 bridgehead atoms. The second-order valence-electron chi connectivity index (χ2n) is 9.67. The Hall–Kier alpha value is -5.18. The number of hydrogen-bond acceptors (Lipinski definition) is 13. The Morgan fingerprint density at radius 1 is 0.804 bits per heavy atom. The van der Waals surface area contributed by atoms with Crippen LogP contribution < -0.4 is 0 Å². The summed E-state index contributed by atoms with van der Waals surface area (Å²) in [5, 5.41) is 36.4. The van der Waals surface area contributed by atoms with E-state index in [-0.39, 0.29) is 5.75 Å². The van der Waals surface area contributed by atoms with E-state index in [0.29, 0.717) is 16.9 Å². The summed E-state index contributed by atoms with van der Waals surface area (Å²) in [7, 11) is 0. The highest BCUT2D eigenvalue weighted by Gasteiger charge is 2.13. The molecule has 228 valence electrons. The first-order valence-corrected chi connectivity index (χ1v) is 16.2. The molecule has 7 rings (SSSR count). The van der Waals surface area contributed by atoms with Crippen LogP contribution in [-0.4, -0.2) is 64.6 Å². The number of thiazole rings is 1. The third kappa shape index (κ3) is 6.73. The molecule has 14 heteroatoms. The number of rotatable bonds is 7. The Morgan fingerprint density at radius 2 is 1.37 bits per heavy atom. The van der Waals surface area contributed by atoms with Gasteiger partial charge >= 0.3 is 5.97 Å². The fourth-order valence-electron chi connectivity index (χ4n) is 4.70. The highest BCUT2D eigenvalue weighted by Crippen LogP contribution is 2.37. The van der Waals surface area contributed by atoms with Crippen molar-refractivity contribution in [3.63, 3.8) is 0 Å². The van der Waals surface area contributed by atoms with Crippen LogP contribution in [0, 0.1) is 6.92 Å². The highest BCUT2D eigenvalue weighted by molar-refractivity contribution is 8.01. The van der Waals surface area contributed by atoms with E-state index in [4.69, 9.17) is 15.5 Å². The zero-order chi connectivity index (χ0) is 32.0. The Bertz CT molecular complexity index is 2290. The molecule has 0 atom stereocenters. The lowest BCUT2D eigenvalue weighted by molar-refractivity contribution is -0.133. The molecule has 3 N–H and O–H groups in total. The van der Waals surface area contributed by atoms with Gasteiger partial charge in [-0.1, -0.05) is 58.5 Å². The number of aryl methyl sites for hydroxylation is 1. The molecule has 0 aliphatic rings. The second-order valence-corrected chi connectivity index (χ2v) is 13.2. The van der Waals surface area contributed by atoms with E-state index in [9.17, 15) is 4.79 Å². The second kappa shape index (κ2) is 13.9. The summed E-state index contributed by atoms with van der Waals surface area (Å²) >= 11 is 4.43. The first kappa shape index (κ1) is 30.8. The topological polar surface area (TPSA) is 167 Å². The number of pyridine rings is 4. The first-order chi connectivity index (χ1) is 22.4. The molecule has 46 heavy (non-hydrogen) atoms. The van der Waals surface area contributed by atoms with Gasteiger partial charge in [0, 0.05) is 54.8 Å². The van der Waals surface area contributed by atoms with Crippen LogP contribution in [0.2, 0.25) is 0 Å². The predicted molar refractivity (Wildman–Crippen MR) is 182 cm³/mol. The minimum atomic E-state index is -0.897. The molecule has 0 spiro atoms. The van der Waals surface area contributed by atoms with E-state index < -0.39 is 5.97 Å². The monoisotopic (exact) mass is 665 g/mol. The van der Waals surface area contributed by atoms with Gasteiger partial charge in [-0.3, -0.25) is 14.8 Å². The minimum Gasteiger partial charge on any atom is -0.481 e. The lowest BCUT2D eigenvalue weighted by Crippen LogP contribution is -1.99. The number of carbonyl (C=O) groups is 1. The summed E-state index contributed by atoms with van der Waals surface area (Å²) in [5.41, 5.74) is 4.04. The predicted octanol–water partition coefficient (Wildman–Crippen LogP) is 7.28. The van der Waals surface area contributed by atoms with Crippen molar-refractivity contribution in [2.45, 2.75) is 21.1 Å². The molecule has 0 saturated carbocycles. The number of hydrogen-bond donors (Lipinski definition) is 3. The maximum Gasteiger partial charge on any atom is 0.313 e. The van der Waals surface area contributed by atoms with Crippen molar-refractivity contribution in [2.24, 2.45) is 10.3 Å². The third-order valence-corrected chi connectivity index (χ3v) is 9.68. The number of nitrogens with zero attached hydrogens (tertiary/aromatic N) is 7. The third-order valence-electron chi connectivity index (χ3n) is 6.59. The van der Waals surface area contributed by atoms with Crippen molar-refractivity contribution in [3.05, 3.63) is 95.5 Å². The summed E-state index contributed by atoms with van der Waals surface area (Å²) in [6.45, 7) is 2.04. The number of fused-ring (bicyclic) bond motifs is 6. The number of benzene rings is 2. The van der Waals surface area contributed by atoms with Crippen LogP contribution in [0.4, 0.5) is 0 Å². The number of thioether (sulfide) groups is 1. The average Bonchev–Trinajstić information content (AvgIpc) is 3.48. The Kier molecular flexibility index (Phi) is 9.28. The zero-order valence-electron chi connectivity index (χ0n) is 24.0. The fraction of sp³-hybridized carbons (Fsp3) is 0.0625. The van der Waals surface area contributed by atoms with Gasteiger partial charge in [-0.25, -0.2) is 15.0 Å². The number of carboxylic acid groups (broad SMARTS) is 1. The molecule has 0 aliphatic carbocycles. The summed E-state index contributed by atoms with van der Waals surface area (Å²) in [5.74, 6) is -0.957. The quantitative estimate of drug-likeness (QED) is 0.0515. The van der Waals surface area contributed by atoms with Crippen LogP contribution in [0.5, 0.6) is 0 Å². The fourth-order valence-corrected chi connectivity index (χ4v) is 7.57. The van der Waals surface area contributed by atoms with Crippen molar-refractivity contribution >= 4 is 96.9 Å². The van der Waals surface area contributed by atoms with Gasteiger partial charge in [0.05, 0.1) is 51.6 Å². The lowest BCUT2D eigenvalue weighted by Gasteiger charge is -2.08. The molecule has 5 aromatic heterocycles. The van der Waals surface area contributed by atoms with E-state index in [1.165, 1.54) is 29.1 Å². The molecular formula is C32H23N7O4S3. The molecule has 5 heterocycles. The summed E-state index contributed by atoms with van der Waals surface area (Å²) < 4.78 is 0.966. The van der Waals surface area contributed by atoms with Crippen LogP contribution in [0.1, 0.15) is 16.3 Å². The Balaban J connectivity index is 0.000000162. The Morgan fingerprint density at radius 3 is 1.89 bits per heavy atom. The molecule has 11 nitrogen and oxygen atoms in total. The van der Waals surface area contributed by atoms with Gasteiger partial charge in [0.15, 0.2) is 4.34 Å². The van der Waals surface area contributed by atoms with Crippen molar-refractivity contribution < 1.29 is 20.3 Å². The molecule has 7 aromatic rings. The van der Waals surface area contributed by atoms with Crippen molar-refractivity contribution in [1.29, 1.82) is 0 Å². The van der Waals surface area contributed by atoms with Crippen molar-refractivity contribution in [3.8, 4) is 0 Å². The van der Waals surface area contributed by atoms with Gasteiger partial charge in [-0.2, -0.15) is 0 Å². The van der Waals surface area contributed by atoms with E-state index in [1.54, 1.807) is 41.6 Å². The maximum absolute atomic E-state index is 10.8. The van der Waals surface area contributed by atoms with Crippen LogP contribution >= 0.6 is 34.9 Å². The van der Waals surface area contributed by atoms with Gasteiger partial charge in [0.1, 0.15) is 0 Å². The molecular weight excluding hydrogens is 643 g/mol. The van der Waals surface area contributed by atoms with Crippen LogP contribution in [0.15, 0.2) is 104 Å². The van der Waals surface area contributed by atoms with Gasteiger partial charge in [-0.05, 0) is 31.2 Å². The molecule has 0 amide bonds. The number of aromatic nitrogens is 5. The largest absolute Gasteiger partial charge is 0.481 e. The molecule has 0 unspecified atom stereocenters. The number of aliphatic carboxylic acids is 1. The van der Waals surface area contributed by atoms with Crippen LogP contribution in [-0.2, 0) is 4.79 Å². The van der Waals surface area contributed by atoms with E-state index in [0.717, 1.165) is 52.2 Å². The molecule has 0 radical (unpaired) electrons. The van der Waals surface area contributed by atoms with Crippen molar-refractivity contribution in [1.82, 2.24) is 24.9 Å². The molecule has 2 aromatic carbocycles. The van der Waals surface area contributed by atoms with Gasteiger partial charge in [-0.15, -0.1) is 23.1 Å². The number of oxime groups is 2. The summed E-state index contributed by atoms with van der Waals surface area (Å²) in [6.07, 6.45) is 7.85. The first-order valence-electron chi connectivity index (χ1n) is 13.6. The Labute approximate surface area is 273 Å². The van der Waals surface area contributed by atoms with Gasteiger partial charge in [0.25, 0.3) is 0 Å². The zero-order valence-corrected chi connectivity index (χ0v) is 26.4. The summed E-state index contributed by atoms with van der Waals surface area (Å²) in [6, 6.07) is 19.2. The lowest BCUT2D eigenvalue weighted by atomic mass is 10.1. The van der Waals surface area contributed by atoms with Crippen LogP contribution in [0.3, 0.4) is 0 Å². The maximum atomic E-state index is 10.8. The van der Waals surface area contributed by atoms with Gasteiger partial charge in [0.2, 0.25) is 0 Å². The molecule has 0 aliphatic heterocycles. The molecule has 0 saturated heterocycles. The summed E-state index contributed by atoms with van der Waals surface area (Å²) in [4.78, 5) is 36.0. The highest BCUT2D eigenvalue weighted by atomic mass is 32.2. The van der Waals surface area contributed by atoms with Crippen molar-refractivity contribution in [2.75, 3.05) is 5.75 Å². The minimum absolute atomic E-state index is 0.0604. The average molecular weight is 666 g/mol. The SMILES string of the molecule is Cc1cnc(Sc2cc(C=NO)nc3c2ccc2cccnc23)s1.O=C(O)CSc1cc(C=NO)nc2c1ccc1cccnc12. The molecule has 0 fully saturated rings. The van der Waals surface area contributed by atoms with E-state index in [1.807, 2.05) is 61.7 Å². The van der Waals surface area contributed by atoms with Crippen LogP contribution in [0.25, 0.3) is 43.6 Å².